The first-order valence-corrected chi connectivity index (χ1v) is 8.68. The molecule has 114 valence electrons. The molecule has 0 fully saturated rings. The van der Waals surface area contributed by atoms with Crippen LogP contribution in [0.2, 0.25) is 0 Å². The highest BCUT2D eigenvalue weighted by Gasteiger charge is 2.16. The molecule has 0 aliphatic heterocycles. The van der Waals surface area contributed by atoms with Crippen molar-refractivity contribution in [1.29, 1.82) is 0 Å². The molecule has 0 aliphatic carbocycles. The van der Waals surface area contributed by atoms with Crippen molar-refractivity contribution in [1.82, 2.24) is 10.3 Å². The van der Waals surface area contributed by atoms with Crippen molar-refractivity contribution in [2.75, 3.05) is 17.6 Å². The van der Waals surface area contributed by atoms with Crippen molar-refractivity contribution in [2.24, 2.45) is 0 Å². The Kier molecular flexibility index (Phi) is 5.58. The number of nitrogens with zero attached hydrogens (tertiary/aromatic N) is 1. The number of nitrogens with one attached hydrogen (secondary N) is 2. The lowest BCUT2D eigenvalue weighted by atomic mass is 10.2. The van der Waals surface area contributed by atoms with Crippen molar-refractivity contribution in [3.63, 3.8) is 0 Å². The molecule has 2 heterocycles. The number of amides is 1. The summed E-state index contributed by atoms with van der Waals surface area (Å²) in [6.07, 6.45) is 1.97. The molecular formula is C14H20N4OS2. The number of thiophene rings is 1. The van der Waals surface area contributed by atoms with Crippen LogP contribution in [0.15, 0.2) is 11.4 Å². The molecule has 2 aromatic heterocycles. The number of thiazole rings is 1. The van der Waals surface area contributed by atoms with Gasteiger partial charge in [-0.05, 0) is 29.9 Å². The van der Waals surface area contributed by atoms with Crippen LogP contribution in [0.25, 0.3) is 0 Å². The van der Waals surface area contributed by atoms with E-state index in [0.717, 1.165) is 19.4 Å². The lowest BCUT2D eigenvalue weighted by molar-refractivity contribution is 0.0956. The van der Waals surface area contributed by atoms with E-state index in [0.29, 0.717) is 16.6 Å². The van der Waals surface area contributed by atoms with Gasteiger partial charge in [0.1, 0.15) is 10.7 Å². The summed E-state index contributed by atoms with van der Waals surface area (Å²) in [6.45, 7) is 5.54. The Morgan fingerprint density at radius 1 is 1.43 bits per heavy atom. The minimum absolute atomic E-state index is 0.162. The van der Waals surface area contributed by atoms with E-state index < -0.39 is 0 Å². The first-order chi connectivity index (χ1) is 10.2. The Morgan fingerprint density at radius 2 is 2.24 bits per heavy atom. The quantitative estimate of drug-likeness (QED) is 0.731. The second-order valence-corrected chi connectivity index (χ2v) is 6.57. The molecular weight excluding hydrogens is 304 g/mol. The van der Waals surface area contributed by atoms with Gasteiger partial charge in [0.15, 0.2) is 5.13 Å². The number of rotatable bonds is 7. The minimum Gasteiger partial charge on any atom is -0.382 e. The highest BCUT2D eigenvalue weighted by Crippen LogP contribution is 2.25. The zero-order chi connectivity index (χ0) is 15.2. The van der Waals surface area contributed by atoms with Gasteiger partial charge in [0, 0.05) is 11.4 Å². The van der Waals surface area contributed by atoms with Gasteiger partial charge in [0.05, 0.1) is 6.54 Å². The van der Waals surface area contributed by atoms with E-state index in [1.807, 2.05) is 5.38 Å². The summed E-state index contributed by atoms with van der Waals surface area (Å²) in [5.41, 5.74) is 7.10. The van der Waals surface area contributed by atoms with Crippen LogP contribution in [0, 0.1) is 0 Å². The van der Waals surface area contributed by atoms with Gasteiger partial charge < -0.3 is 16.4 Å². The molecule has 1 amide bonds. The van der Waals surface area contributed by atoms with E-state index in [1.54, 1.807) is 11.3 Å². The first-order valence-electron chi connectivity index (χ1n) is 6.99. The molecule has 5 nitrogen and oxygen atoms in total. The largest absolute Gasteiger partial charge is 0.382 e. The number of aromatic nitrogens is 1. The third-order valence-corrected chi connectivity index (χ3v) is 5.00. The molecule has 0 unspecified atom stereocenters. The van der Waals surface area contributed by atoms with Crippen LogP contribution in [-0.4, -0.2) is 17.4 Å². The van der Waals surface area contributed by atoms with E-state index >= 15 is 0 Å². The van der Waals surface area contributed by atoms with Gasteiger partial charge in [0.25, 0.3) is 5.91 Å². The predicted molar refractivity (Wildman–Crippen MR) is 90.2 cm³/mol. The fourth-order valence-corrected chi connectivity index (χ4v) is 3.62. The molecule has 0 aliphatic rings. The Labute approximate surface area is 132 Å². The Bertz CT molecular complexity index is 606. The molecule has 0 aromatic carbocycles. The number of nitrogen functional groups attached to an aromatic ring is 1. The van der Waals surface area contributed by atoms with Crippen LogP contribution in [0.4, 0.5) is 10.9 Å². The molecule has 0 atom stereocenters. The second kappa shape index (κ2) is 7.42. The smallest absolute Gasteiger partial charge is 0.265 e. The molecule has 0 saturated heterocycles. The summed E-state index contributed by atoms with van der Waals surface area (Å²) in [6, 6.07) is 2.10. The standard InChI is InChI=1S/C14H20N4OS2/c1-3-6-16-14-18-12(15)11(21-14)13(19)17-8-10-9(4-2)5-7-20-10/h5,7H,3-4,6,8,15H2,1-2H3,(H,16,18)(H,17,19). The van der Waals surface area contributed by atoms with Gasteiger partial charge in [-0.15, -0.1) is 11.3 Å². The van der Waals surface area contributed by atoms with Gasteiger partial charge >= 0.3 is 0 Å². The first kappa shape index (κ1) is 15.8. The van der Waals surface area contributed by atoms with E-state index in [1.165, 1.54) is 21.8 Å². The highest BCUT2D eigenvalue weighted by atomic mass is 32.1. The molecule has 0 radical (unpaired) electrons. The number of anilines is 2. The van der Waals surface area contributed by atoms with E-state index in [-0.39, 0.29) is 11.7 Å². The number of carbonyl (C=O) groups is 1. The van der Waals surface area contributed by atoms with Gasteiger partial charge in [-0.25, -0.2) is 4.98 Å². The Morgan fingerprint density at radius 3 is 2.95 bits per heavy atom. The van der Waals surface area contributed by atoms with Gasteiger partial charge in [-0.1, -0.05) is 25.2 Å². The average molecular weight is 324 g/mol. The maximum absolute atomic E-state index is 12.2. The van der Waals surface area contributed by atoms with E-state index in [9.17, 15) is 4.79 Å². The van der Waals surface area contributed by atoms with Crippen LogP contribution in [0.1, 0.15) is 40.4 Å². The molecule has 0 saturated carbocycles. The summed E-state index contributed by atoms with van der Waals surface area (Å²) in [5.74, 6) is 0.128. The lowest BCUT2D eigenvalue weighted by Crippen LogP contribution is -2.22. The average Bonchev–Trinajstić information content (AvgIpc) is 3.08. The van der Waals surface area contributed by atoms with E-state index in [2.05, 4.69) is 35.5 Å². The summed E-state index contributed by atoms with van der Waals surface area (Å²) in [5, 5.41) is 8.82. The van der Waals surface area contributed by atoms with Crippen molar-refractivity contribution in [2.45, 2.75) is 33.2 Å². The van der Waals surface area contributed by atoms with Gasteiger partial charge in [0.2, 0.25) is 0 Å². The molecule has 7 heteroatoms. The van der Waals surface area contributed by atoms with Crippen molar-refractivity contribution in [3.05, 3.63) is 26.8 Å². The third-order valence-electron chi connectivity index (χ3n) is 3.01. The fourth-order valence-electron chi connectivity index (χ4n) is 1.88. The fraction of sp³-hybridized carbons (Fsp3) is 0.429. The zero-order valence-corrected chi connectivity index (χ0v) is 13.9. The van der Waals surface area contributed by atoms with Crippen LogP contribution in [0.3, 0.4) is 0 Å². The molecule has 4 N–H and O–H groups in total. The summed E-state index contributed by atoms with van der Waals surface area (Å²) >= 11 is 2.96. The molecule has 0 bridgehead atoms. The van der Waals surface area contributed by atoms with Crippen molar-refractivity contribution in [3.8, 4) is 0 Å². The van der Waals surface area contributed by atoms with Crippen LogP contribution < -0.4 is 16.4 Å². The second-order valence-electron chi connectivity index (χ2n) is 4.57. The number of carbonyl (C=O) groups excluding carboxylic acids is 1. The van der Waals surface area contributed by atoms with Crippen molar-refractivity contribution < 1.29 is 4.79 Å². The minimum atomic E-state index is -0.162. The summed E-state index contributed by atoms with van der Waals surface area (Å²) in [4.78, 5) is 18.0. The predicted octanol–water partition coefficient (Wildman–Crippen LogP) is 3.10. The molecule has 2 rings (SSSR count). The monoisotopic (exact) mass is 324 g/mol. The highest BCUT2D eigenvalue weighted by molar-refractivity contribution is 7.18. The number of hydrogen-bond donors (Lipinski definition) is 3. The SMILES string of the molecule is CCCNc1nc(N)c(C(=O)NCc2sccc2CC)s1. The summed E-state index contributed by atoms with van der Waals surface area (Å²) in [7, 11) is 0. The lowest BCUT2D eigenvalue weighted by Gasteiger charge is -2.04. The maximum atomic E-state index is 12.2. The summed E-state index contributed by atoms with van der Waals surface area (Å²) < 4.78 is 0. The third kappa shape index (κ3) is 3.95. The normalized spacial score (nSPS) is 10.6. The zero-order valence-electron chi connectivity index (χ0n) is 12.2. The number of hydrogen-bond acceptors (Lipinski definition) is 6. The number of aryl methyl sites for hydroxylation is 1. The molecule has 21 heavy (non-hydrogen) atoms. The van der Waals surface area contributed by atoms with Gasteiger partial charge in [-0.3, -0.25) is 4.79 Å². The molecule has 0 spiro atoms. The van der Waals surface area contributed by atoms with Crippen LogP contribution in [0.5, 0.6) is 0 Å². The van der Waals surface area contributed by atoms with Gasteiger partial charge in [-0.2, -0.15) is 0 Å². The Hall–Kier alpha value is -1.60. The van der Waals surface area contributed by atoms with Crippen LogP contribution >= 0.6 is 22.7 Å². The topological polar surface area (TPSA) is 80.0 Å². The van der Waals surface area contributed by atoms with E-state index in [4.69, 9.17) is 5.73 Å². The number of nitrogens with two attached hydrogens (primary N) is 1. The van der Waals surface area contributed by atoms with Crippen molar-refractivity contribution >= 4 is 39.5 Å². The Balaban J connectivity index is 1.98. The van der Waals surface area contributed by atoms with Crippen LogP contribution in [-0.2, 0) is 13.0 Å². The molecule has 2 aromatic rings. The maximum Gasteiger partial charge on any atom is 0.265 e.